The van der Waals surface area contributed by atoms with Crippen LogP contribution in [-0.4, -0.2) is 29.2 Å². The van der Waals surface area contributed by atoms with Gasteiger partial charge in [0.1, 0.15) is 5.78 Å². The van der Waals surface area contributed by atoms with Crippen LogP contribution in [0.1, 0.15) is 39.0 Å². The molecule has 3 fully saturated rings. The third-order valence-electron chi connectivity index (χ3n) is 4.75. The van der Waals surface area contributed by atoms with E-state index in [1.165, 1.54) is 0 Å². The molecule has 3 atom stereocenters. The Morgan fingerprint density at radius 2 is 2.33 bits per heavy atom. The predicted octanol–water partition coefficient (Wildman–Crippen LogP) is 1.37. The summed E-state index contributed by atoms with van der Waals surface area (Å²) in [6.45, 7) is 2.59. The van der Waals surface area contributed by atoms with Gasteiger partial charge in [0.2, 0.25) is 5.91 Å². The lowest BCUT2D eigenvalue weighted by molar-refractivity contribution is -0.177. The van der Waals surface area contributed by atoms with Gasteiger partial charge in [-0.1, -0.05) is 0 Å². The van der Waals surface area contributed by atoms with E-state index in [1.54, 1.807) is 6.92 Å². The second-order valence-electron chi connectivity index (χ2n) is 5.35. The Balaban J connectivity index is 1.95. The van der Waals surface area contributed by atoms with Crippen molar-refractivity contribution in [3.8, 4) is 0 Å². The highest BCUT2D eigenvalue weighted by Crippen LogP contribution is 2.57. The molecule has 2 saturated heterocycles. The van der Waals surface area contributed by atoms with E-state index in [-0.39, 0.29) is 17.4 Å². The smallest absolute Gasteiger partial charge is 0.222 e. The normalized spacial score (nSPS) is 43.3. The van der Waals surface area contributed by atoms with Gasteiger partial charge in [-0.2, -0.15) is 0 Å². The van der Waals surface area contributed by atoms with Gasteiger partial charge in [-0.15, -0.1) is 0 Å². The molecule has 0 radical (unpaired) electrons. The molecule has 0 spiro atoms. The molecule has 1 aliphatic carbocycles. The molecule has 1 saturated carbocycles. The molecule has 0 unspecified atom stereocenters. The van der Waals surface area contributed by atoms with Gasteiger partial charge in [0, 0.05) is 24.4 Å². The number of nitrogens with zero attached hydrogens (tertiary/aromatic N) is 1. The molecule has 2 heterocycles. The first-order valence-electron chi connectivity index (χ1n) is 5.96. The maximum atomic E-state index is 11.8. The summed E-state index contributed by atoms with van der Waals surface area (Å²) in [4.78, 5) is 25.6. The first kappa shape index (κ1) is 9.37. The summed E-state index contributed by atoms with van der Waals surface area (Å²) in [6.07, 6.45) is 4.77. The van der Waals surface area contributed by atoms with E-state index in [0.717, 1.165) is 32.2 Å². The van der Waals surface area contributed by atoms with E-state index in [1.807, 2.05) is 4.90 Å². The van der Waals surface area contributed by atoms with E-state index >= 15 is 0 Å². The van der Waals surface area contributed by atoms with Gasteiger partial charge in [0.15, 0.2) is 0 Å². The van der Waals surface area contributed by atoms with Crippen LogP contribution in [0.2, 0.25) is 0 Å². The standard InChI is InChI=1S/C12H17NO2/c1-8(14)12-5-2-6-13-10(15)4-3-9(7-12)11(12)13/h9,11H,2-7H2,1H3/t9-,11-,12+/m1/s1. The monoisotopic (exact) mass is 207 g/mol. The van der Waals surface area contributed by atoms with Gasteiger partial charge in [-0.25, -0.2) is 0 Å². The molecule has 0 aromatic carbocycles. The molecule has 3 rings (SSSR count). The number of ketones is 1. The number of rotatable bonds is 1. The third-order valence-corrected chi connectivity index (χ3v) is 4.75. The molecule has 0 bridgehead atoms. The van der Waals surface area contributed by atoms with Crippen molar-refractivity contribution in [3.63, 3.8) is 0 Å². The van der Waals surface area contributed by atoms with E-state index < -0.39 is 0 Å². The summed E-state index contributed by atoms with van der Waals surface area (Å²) < 4.78 is 0. The van der Waals surface area contributed by atoms with Crippen molar-refractivity contribution in [2.24, 2.45) is 11.3 Å². The summed E-state index contributed by atoms with van der Waals surface area (Å²) in [6, 6.07) is 0.269. The molecule has 0 aromatic rings. The van der Waals surface area contributed by atoms with E-state index in [2.05, 4.69) is 0 Å². The number of amides is 1. The average Bonchev–Trinajstić information content (AvgIpc) is 2.17. The minimum absolute atomic E-state index is 0.140. The minimum atomic E-state index is -0.140. The molecule has 1 amide bonds. The van der Waals surface area contributed by atoms with Crippen LogP contribution >= 0.6 is 0 Å². The van der Waals surface area contributed by atoms with Crippen LogP contribution in [0, 0.1) is 11.3 Å². The van der Waals surface area contributed by atoms with Gasteiger partial charge < -0.3 is 4.90 Å². The van der Waals surface area contributed by atoms with Crippen LogP contribution < -0.4 is 0 Å². The van der Waals surface area contributed by atoms with Crippen molar-refractivity contribution >= 4 is 11.7 Å². The molecule has 3 aliphatic rings. The van der Waals surface area contributed by atoms with Crippen molar-refractivity contribution in [2.45, 2.75) is 45.1 Å². The summed E-state index contributed by atoms with van der Waals surface area (Å²) in [5.41, 5.74) is -0.140. The van der Waals surface area contributed by atoms with Gasteiger partial charge >= 0.3 is 0 Å². The molecule has 0 N–H and O–H groups in total. The Kier molecular flexibility index (Phi) is 1.77. The van der Waals surface area contributed by atoms with Crippen LogP contribution in [0.15, 0.2) is 0 Å². The fraction of sp³-hybridized carbons (Fsp3) is 0.833. The number of carbonyl (C=O) groups is 2. The summed E-state index contributed by atoms with van der Waals surface area (Å²) in [7, 11) is 0. The predicted molar refractivity (Wildman–Crippen MR) is 55.2 cm³/mol. The summed E-state index contributed by atoms with van der Waals surface area (Å²) in [5, 5.41) is 0. The molecule has 15 heavy (non-hydrogen) atoms. The fourth-order valence-corrected chi connectivity index (χ4v) is 4.02. The Hall–Kier alpha value is -0.860. The molecular formula is C12H17NO2. The highest BCUT2D eigenvalue weighted by molar-refractivity contribution is 5.87. The molecule has 3 heteroatoms. The summed E-state index contributed by atoms with van der Waals surface area (Å²) in [5.74, 6) is 1.20. The van der Waals surface area contributed by atoms with Crippen molar-refractivity contribution < 1.29 is 9.59 Å². The van der Waals surface area contributed by atoms with Gasteiger partial charge in [0.05, 0.1) is 0 Å². The Labute approximate surface area is 89.8 Å². The SMILES string of the molecule is CC(=O)[C@]12CCCN3C(=O)CC[C@H](C1)[C@@H]32. The maximum absolute atomic E-state index is 11.8. The zero-order chi connectivity index (χ0) is 10.6. The molecule has 3 nitrogen and oxygen atoms in total. The number of hydrogen-bond acceptors (Lipinski definition) is 2. The average molecular weight is 207 g/mol. The van der Waals surface area contributed by atoms with Gasteiger partial charge in [-0.3, -0.25) is 9.59 Å². The highest BCUT2D eigenvalue weighted by atomic mass is 16.2. The van der Waals surface area contributed by atoms with Gasteiger partial charge in [0.25, 0.3) is 0 Å². The maximum Gasteiger partial charge on any atom is 0.222 e. The van der Waals surface area contributed by atoms with Crippen molar-refractivity contribution in [2.75, 3.05) is 6.54 Å². The Morgan fingerprint density at radius 3 is 3.07 bits per heavy atom. The zero-order valence-corrected chi connectivity index (χ0v) is 9.16. The Bertz CT molecular complexity index is 337. The first-order chi connectivity index (χ1) is 7.15. The fourth-order valence-electron chi connectivity index (χ4n) is 4.02. The Morgan fingerprint density at radius 1 is 1.53 bits per heavy atom. The van der Waals surface area contributed by atoms with Crippen LogP contribution in [0.25, 0.3) is 0 Å². The van der Waals surface area contributed by atoms with E-state index in [0.29, 0.717) is 18.1 Å². The largest absolute Gasteiger partial charge is 0.338 e. The lowest BCUT2D eigenvalue weighted by Gasteiger charge is -2.63. The number of Topliss-reactive ketones (excluding diaryl/α,β-unsaturated/α-hetero) is 1. The van der Waals surface area contributed by atoms with Crippen LogP contribution in [0.4, 0.5) is 0 Å². The number of carbonyl (C=O) groups excluding carboxylic acids is 2. The summed E-state index contributed by atoms with van der Waals surface area (Å²) >= 11 is 0. The highest BCUT2D eigenvalue weighted by Gasteiger charge is 2.62. The second-order valence-corrected chi connectivity index (χ2v) is 5.35. The molecule has 0 aromatic heterocycles. The van der Waals surface area contributed by atoms with Crippen molar-refractivity contribution in [1.82, 2.24) is 4.90 Å². The van der Waals surface area contributed by atoms with E-state index in [4.69, 9.17) is 0 Å². The number of piperidine rings is 2. The van der Waals surface area contributed by atoms with Crippen LogP contribution in [-0.2, 0) is 9.59 Å². The van der Waals surface area contributed by atoms with Crippen LogP contribution in [0.5, 0.6) is 0 Å². The molecule has 2 aliphatic heterocycles. The quantitative estimate of drug-likeness (QED) is 0.651. The minimum Gasteiger partial charge on any atom is -0.338 e. The van der Waals surface area contributed by atoms with E-state index in [9.17, 15) is 9.59 Å². The van der Waals surface area contributed by atoms with Crippen molar-refractivity contribution in [1.29, 1.82) is 0 Å². The van der Waals surface area contributed by atoms with Crippen LogP contribution in [0.3, 0.4) is 0 Å². The third kappa shape index (κ3) is 1.01. The lowest BCUT2D eigenvalue weighted by atomic mass is 9.50. The molecular weight excluding hydrogens is 190 g/mol. The second kappa shape index (κ2) is 2.83. The topological polar surface area (TPSA) is 37.4 Å². The lowest BCUT2D eigenvalue weighted by Crippen LogP contribution is -2.69. The van der Waals surface area contributed by atoms with Crippen molar-refractivity contribution in [3.05, 3.63) is 0 Å². The first-order valence-corrected chi connectivity index (χ1v) is 5.96. The van der Waals surface area contributed by atoms with Gasteiger partial charge in [-0.05, 0) is 38.5 Å². The number of hydrogen-bond donors (Lipinski definition) is 0. The zero-order valence-electron chi connectivity index (χ0n) is 9.16. The molecule has 82 valence electrons.